The minimum atomic E-state index is -0.0951. The average Bonchev–Trinajstić information content (AvgIpc) is 3.07. The highest BCUT2D eigenvalue weighted by atomic mass is 16.3. The summed E-state index contributed by atoms with van der Waals surface area (Å²) in [5.74, 6) is 4.24. The first-order chi connectivity index (χ1) is 14.3. The number of allylic oxidation sites excluding steroid dienone is 1. The van der Waals surface area contributed by atoms with Crippen molar-refractivity contribution in [3.8, 4) is 0 Å². The van der Waals surface area contributed by atoms with Gasteiger partial charge < -0.3 is 15.1 Å². The number of fused-ring (bicyclic) bond motifs is 5. The number of rotatable bonds is 3. The largest absolute Gasteiger partial charge is 0.393 e. The molecule has 0 bridgehead atoms. The Labute approximate surface area is 184 Å². The van der Waals surface area contributed by atoms with Crippen LogP contribution >= 0.6 is 0 Å². The Morgan fingerprint density at radius 2 is 1.73 bits per heavy atom. The molecule has 5 rings (SSSR count). The van der Waals surface area contributed by atoms with Crippen LogP contribution in [0.4, 0.5) is 0 Å². The van der Waals surface area contributed by atoms with Gasteiger partial charge in [0.25, 0.3) is 0 Å². The minimum absolute atomic E-state index is 0.0632. The van der Waals surface area contributed by atoms with E-state index in [0.717, 1.165) is 68.4 Å². The number of nitrogens with zero attached hydrogens (tertiary/aromatic N) is 1. The van der Waals surface area contributed by atoms with Crippen molar-refractivity contribution in [2.24, 2.45) is 40.4 Å². The van der Waals surface area contributed by atoms with Crippen LogP contribution in [0.15, 0.2) is 11.6 Å². The fourth-order valence-electron chi connectivity index (χ4n) is 9.25. The second kappa shape index (κ2) is 7.89. The van der Waals surface area contributed by atoms with Gasteiger partial charge in [-0.15, -0.1) is 0 Å². The molecule has 0 aromatic heterocycles. The summed E-state index contributed by atoms with van der Waals surface area (Å²) in [6.07, 6.45) is 14.4. The van der Waals surface area contributed by atoms with Gasteiger partial charge in [-0.25, -0.2) is 0 Å². The molecule has 8 atom stereocenters. The fraction of sp³-hybridized carbons (Fsp3) is 0.926. The van der Waals surface area contributed by atoms with Crippen LogP contribution in [0.5, 0.6) is 0 Å². The van der Waals surface area contributed by atoms with Crippen LogP contribution in [-0.2, 0) is 0 Å². The molecule has 4 aliphatic carbocycles. The van der Waals surface area contributed by atoms with Crippen molar-refractivity contribution < 1.29 is 10.2 Å². The molecule has 3 saturated carbocycles. The molecule has 1 heterocycles. The Hall–Kier alpha value is -0.380. The molecule has 0 radical (unpaired) electrons. The molecule has 5 aliphatic rings. The Morgan fingerprint density at radius 1 is 0.967 bits per heavy atom. The summed E-state index contributed by atoms with van der Waals surface area (Å²) >= 11 is 0. The van der Waals surface area contributed by atoms with Gasteiger partial charge in [0.1, 0.15) is 0 Å². The van der Waals surface area contributed by atoms with Gasteiger partial charge in [-0.1, -0.05) is 32.4 Å². The van der Waals surface area contributed by atoms with Crippen molar-refractivity contribution >= 4 is 0 Å². The summed E-state index contributed by atoms with van der Waals surface area (Å²) in [7, 11) is 0. The lowest BCUT2D eigenvalue weighted by Gasteiger charge is -2.58. The molecule has 30 heavy (non-hydrogen) atoms. The van der Waals surface area contributed by atoms with E-state index in [1.807, 2.05) is 0 Å². The first-order valence-corrected chi connectivity index (χ1v) is 13.1. The third-order valence-electron chi connectivity index (χ3n) is 10.9. The van der Waals surface area contributed by atoms with Gasteiger partial charge in [-0.3, -0.25) is 0 Å². The Bertz CT molecular complexity index is 668. The number of piperidine rings is 1. The molecular weight excluding hydrogens is 370 g/mol. The van der Waals surface area contributed by atoms with E-state index in [4.69, 9.17) is 0 Å². The van der Waals surface area contributed by atoms with Crippen LogP contribution in [0.3, 0.4) is 0 Å². The van der Waals surface area contributed by atoms with Crippen molar-refractivity contribution in [1.29, 1.82) is 0 Å². The topological polar surface area (TPSA) is 43.7 Å². The monoisotopic (exact) mass is 415 g/mol. The van der Waals surface area contributed by atoms with Crippen molar-refractivity contribution in [3.05, 3.63) is 11.6 Å². The SMILES string of the molecule is C[C@H](CN1CCC(O)CC1)[C@H]1CCC2C3CC=C4C[C@@H](O)CC[C@]4(C)C3CC[C@@]21C. The zero-order chi connectivity index (χ0) is 21.1. The lowest BCUT2D eigenvalue weighted by molar-refractivity contribution is -0.0593. The van der Waals surface area contributed by atoms with E-state index in [2.05, 4.69) is 31.7 Å². The number of hydrogen-bond acceptors (Lipinski definition) is 3. The molecule has 0 aromatic carbocycles. The van der Waals surface area contributed by atoms with Gasteiger partial charge in [-0.05, 0) is 105 Å². The van der Waals surface area contributed by atoms with Crippen molar-refractivity contribution in [3.63, 3.8) is 0 Å². The predicted molar refractivity (Wildman–Crippen MR) is 122 cm³/mol. The Morgan fingerprint density at radius 3 is 2.50 bits per heavy atom. The first kappa shape index (κ1) is 21.5. The van der Waals surface area contributed by atoms with Crippen LogP contribution in [0.1, 0.15) is 85.0 Å². The molecule has 2 N–H and O–H groups in total. The van der Waals surface area contributed by atoms with E-state index < -0.39 is 0 Å². The lowest BCUT2D eigenvalue weighted by atomic mass is 9.47. The van der Waals surface area contributed by atoms with Crippen LogP contribution in [-0.4, -0.2) is 47.0 Å². The number of aliphatic hydroxyl groups is 2. The molecule has 0 spiro atoms. The zero-order valence-electron chi connectivity index (χ0n) is 19.7. The van der Waals surface area contributed by atoms with E-state index in [1.165, 1.54) is 45.1 Å². The highest BCUT2D eigenvalue weighted by Crippen LogP contribution is 2.67. The number of likely N-dealkylation sites (tertiary alicyclic amines) is 1. The summed E-state index contributed by atoms with van der Waals surface area (Å²) in [6, 6.07) is 0. The maximum Gasteiger partial charge on any atom is 0.0577 e. The van der Waals surface area contributed by atoms with Crippen molar-refractivity contribution in [2.45, 2.75) is 97.2 Å². The van der Waals surface area contributed by atoms with Gasteiger partial charge in [0, 0.05) is 19.6 Å². The highest BCUT2D eigenvalue weighted by Gasteiger charge is 2.59. The first-order valence-electron chi connectivity index (χ1n) is 13.1. The quantitative estimate of drug-likeness (QED) is 0.636. The molecule has 4 fully saturated rings. The van der Waals surface area contributed by atoms with Crippen LogP contribution in [0.25, 0.3) is 0 Å². The van der Waals surface area contributed by atoms with E-state index in [-0.39, 0.29) is 12.2 Å². The minimum Gasteiger partial charge on any atom is -0.393 e. The van der Waals surface area contributed by atoms with Gasteiger partial charge in [-0.2, -0.15) is 0 Å². The summed E-state index contributed by atoms with van der Waals surface area (Å²) in [5.41, 5.74) is 2.48. The fourth-order valence-corrected chi connectivity index (χ4v) is 9.25. The van der Waals surface area contributed by atoms with Crippen molar-refractivity contribution in [1.82, 2.24) is 4.90 Å². The maximum atomic E-state index is 10.2. The maximum absolute atomic E-state index is 10.2. The van der Waals surface area contributed by atoms with E-state index in [1.54, 1.807) is 5.57 Å². The van der Waals surface area contributed by atoms with Gasteiger partial charge in [0.2, 0.25) is 0 Å². The van der Waals surface area contributed by atoms with Crippen LogP contribution < -0.4 is 0 Å². The summed E-state index contributed by atoms with van der Waals surface area (Å²) in [4.78, 5) is 2.63. The lowest BCUT2D eigenvalue weighted by Crippen LogP contribution is -2.51. The molecule has 0 amide bonds. The van der Waals surface area contributed by atoms with E-state index >= 15 is 0 Å². The normalized spacial score (nSPS) is 48.4. The summed E-state index contributed by atoms with van der Waals surface area (Å²) in [5, 5.41) is 20.1. The Balaban J connectivity index is 1.30. The second-order valence-corrected chi connectivity index (χ2v) is 12.4. The second-order valence-electron chi connectivity index (χ2n) is 12.4. The molecule has 0 aromatic rings. The third kappa shape index (κ3) is 3.42. The van der Waals surface area contributed by atoms with Crippen LogP contribution in [0, 0.1) is 40.4 Å². The molecule has 1 saturated heterocycles. The molecular formula is C27H45NO2. The molecule has 3 nitrogen and oxygen atoms in total. The summed E-state index contributed by atoms with van der Waals surface area (Å²) in [6.45, 7) is 11.1. The molecule has 170 valence electrons. The molecule has 1 aliphatic heterocycles. The zero-order valence-corrected chi connectivity index (χ0v) is 19.7. The molecule has 3 heteroatoms. The van der Waals surface area contributed by atoms with Crippen LogP contribution in [0.2, 0.25) is 0 Å². The number of hydrogen-bond donors (Lipinski definition) is 2. The summed E-state index contributed by atoms with van der Waals surface area (Å²) < 4.78 is 0. The van der Waals surface area contributed by atoms with Gasteiger partial charge in [0.15, 0.2) is 0 Å². The standard InChI is InChI=1S/C27H45NO2/c1-18(17-28-14-10-20(29)11-15-28)23-6-7-24-22-5-4-19-16-21(30)8-12-26(19,2)25(22)9-13-27(23,24)3/h4,18,20-25,29-30H,5-17H2,1-3H3/t18-,21+,22?,23-,24?,25?,26+,27-/m1/s1. The predicted octanol–water partition coefficient (Wildman–Crippen LogP) is 5.02. The van der Waals surface area contributed by atoms with E-state index in [9.17, 15) is 10.2 Å². The number of aliphatic hydroxyl groups excluding tert-OH is 2. The Kier molecular flexibility index (Phi) is 5.64. The van der Waals surface area contributed by atoms with Crippen molar-refractivity contribution in [2.75, 3.05) is 19.6 Å². The van der Waals surface area contributed by atoms with Gasteiger partial charge in [0.05, 0.1) is 12.2 Å². The smallest absolute Gasteiger partial charge is 0.0577 e. The molecule has 3 unspecified atom stereocenters. The van der Waals surface area contributed by atoms with Gasteiger partial charge >= 0.3 is 0 Å². The average molecular weight is 416 g/mol. The van der Waals surface area contributed by atoms with E-state index in [0.29, 0.717) is 10.8 Å². The highest BCUT2D eigenvalue weighted by molar-refractivity contribution is 5.25. The third-order valence-corrected chi connectivity index (χ3v) is 10.9.